The smallest absolute Gasteiger partial charge is 0.136 e. The predicted octanol–water partition coefficient (Wildman–Crippen LogP) is 18.7. The van der Waals surface area contributed by atoms with Crippen molar-refractivity contribution in [1.29, 1.82) is 0 Å². The average molecular weight is 911 g/mol. The Morgan fingerprint density at radius 2 is 0.886 bits per heavy atom. The molecule has 0 aliphatic rings. The zero-order valence-electron chi connectivity index (χ0n) is 37.6. The number of rotatable bonds is 6. The van der Waals surface area contributed by atoms with Crippen molar-refractivity contribution in [2.24, 2.45) is 0 Å². The number of thiophene rings is 1. The van der Waals surface area contributed by atoms with Crippen molar-refractivity contribution >= 4 is 97.2 Å². The van der Waals surface area contributed by atoms with Crippen LogP contribution < -0.4 is 0 Å². The summed E-state index contributed by atoms with van der Waals surface area (Å²) >= 11 is 1.84. The summed E-state index contributed by atoms with van der Waals surface area (Å²) in [7, 11) is 0. The van der Waals surface area contributed by atoms with Gasteiger partial charge < -0.3 is 13.4 Å². The van der Waals surface area contributed by atoms with Gasteiger partial charge in [0.15, 0.2) is 0 Å². The van der Waals surface area contributed by atoms with E-state index in [2.05, 4.69) is 223 Å². The minimum atomic E-state index is 0.858. The highest BCUT2D eigenvalue weighted by Gasteiger charge is 2.19. The number of pyridine rings is 1. The summed E-state index contributed by atoms with van der Waals surface area (Å²) in [6.07, 6.45) is 0. The molecule has 0 saturated heterocycles. The maximum atomic E-state index is 6.60. The van der Waals surface area contributed by atoms with Crippen molar-refractivity contribution in [3.63, 3.8) is 0 Å². The third-order valence-corrected chi connectivity index (χ3v) is 15.3. The van der Waals surface area contributed by atoms with Gasteiger partial charge in [-0.15, -0.1) is 11.3 Å². The molecule has 10 aromatic carbocycles. The molecule has 0 bridgehead atoms. The molecule has 0 amide bonds. The number of fused-ring (bicyclic) bond motifs is 12. The molecule has 15 rings (SSSR count). The quantitative estimate of drug-likeness (QED) is 0.167. The normalized spacial score (nSPS) is 12.0. The van der Waals surface area contributed by atoms with Gasteiger partial charge in [-0.3, -0.25) is 0 Å². The van der Waals surface area contributed by atoms with E-state index in [1.807, 2.05) is 23.5 Å². The lowest BCUT2D eigenvalue weighted by atomic mass is 9.95. The molecule has 0 radical (unpaired) electrons. The highest BCUT2D eigenvalue weighted by Crippen LogP contribution is 2.44. The number of hydrogen-bond donors (Lipinski definition) is 0. The Labute approximate surface area is 405 Å². The molecule has 5 heteroatoms. The second kappa shape index (κ2) is 15.2. The Hall–Kier alpha value is -9.03. The molecule has 0 N–H and O–H groups in total. The summed E-state index contributed by atoms with van der Waals surface area (Å²) in [5.41, 5.74) is 17.9. The number of hydrogen-bond acceptors (Lipinski definition) is 4. The molecular formula is C65H38N2O2S. The van der Waals surface area contributed by atoms with E-state index in [4.69, 9.17) is 13.8 Å². The van der Waals surface area contributed by atoms with Gasteiger partial charge in [-0.05, 0) is 124 Å². The minimum Gasteiger partial charge on any atom is -0.456 e. The fraction of sp³-hybridized carbons (Fsp3) is 0. The van der Waals surface area contributed by atoms with Gasteiger partial charge in [-0.25, -0.2) is 4.98 Å². The molecule has 0 saturated carbocycles. The van der Waals surface area contributed by atoms with Gasteiger partial charge in [-0.1, -0.05) is 140 Å². The van der Waals surface area contributed by atoms with Crippen molar-refractivity contribution in [2.45, 2.75) is 0 Å². The van der Waals surface area contributed by atoms with Crippen molar-refractivity contribution in [3.8, 4) is 61.6 Å². The van der Waals surface area contributed by atoms with Gasteiger partial charge in [0.1, 0.15) is 22.3 Å². The van der Waals surface area contributed by atoms with E-state index in [0.717, 1.165) is 94.3 Å². The Morgan fingerprint density at radius 1 is 0.314 bits per heavy atom. The lowest BCUT2D eigenvalue weighted by Gasteiger charge is -2.12. The highest BCUT2D eigenvalue weighted by molar-refractivity contribution is 7.26. The monoisotopic (exact) mass is 910 g/mol. The molecule has 4 nitrogen and oxygen atoms in total. The van der Waals surface area contributed by atoms with Gasteiger partial charge in [0.05, 0.1) is 22.4 Å². The Bertz CT molecular complexity index is 4590. The minimum absolute atomic E-state index is 0.858. The number of furan rings is 2. The first-order valence-corrected chi connectivity index (χ1v) is 24.5. The number of aromatic nitrogens is 2. The first kappa shape index (κ1) is 39.0. The first-order chi connectivity index (χ1) is 34.6. The molecule has 0 spiro atoms. The van der Waals surface area contributed by atoms with E-state index in [1.54, 1.807) is 0 Å². The second-order valence-electron chi connectivity index (χ2n) is 18.2. The summed E-state index contributed by atoms with van der Waals surface area (Å²) in [6.45, 7) is 0. The Kier molecular flexibility index (Phi) is 8.49. The molecule has 0 fully saturated rings. The van der Waals surface area contributed by atoms with Crippen LogP contribution in [0.5, 0.6) is 0 Å². The van der Waals surface area contributed by atoms with Crippen LogP contribution in [0, 0.1) is 0 Å². The molecular weight excluding hydrogens is 873 g/mol. The number of para-hydroxylation sites is 3. The molecule has 0 atom stereocenters. The van der Waals surface area contributed by atoms with Gasteiger partial charge >= 0.3 is 0 Å². The van der Waals surface area contributed by atoms with Crippen molar-refractivity contribution in [1.82, 2.24) is 9.55 Å². The van der Waals surface area contributed by atoms with E-state index < -0.39 is 0 Å². The molecule has 15 aromatic rings. The lowest BCUT2D eigenvalue weighted by Crippen LogP contribution is -1.93. The lowest BCUT2D eigenvalue weighted by molar-refractivity contribution is 0.668. The fourth-order valence-electron chi connectivity index (χ4n) is 10.9. The van der Waals surface area contributed by atoms with Crippen LogP contribution in [0.2, 0.25) is 0 Å². The van der Waals surface area contributed by atoms with Crippen LogP contribution in [0.1, 0.15) is 0 Å². The van der Waals surface area contributed by atoms with Crippen LogP contribution in [0.4, 0.5) is 0 Å². The van der Waals surface area contributed by atoms with Crippen molar-refractivity contribution in [2.75, 3.05) is 0 Å². The van der Waals surface area contributed by atoms with Gasteiger partial charge in [0, 0.05) is 69.3 Å². The maximum Gasteiger partial charge on any atom is 0.136 e. The standard InChI is InChI=1S/C65H38N2O2S/c1-3-12-39(13-4-1)55-33-45(34-56(66-55)44-25-29-51-50-17-8-10-20-59(50)68-62(51)37-44)47-18-11-21-63-65(47)53-30-24-43(38-64(53)70-63)42-23-28-52-54-32-40(26-31-60(54)69-61(52)36-42)41-22-27-49-48-16-7-9-19-57(48)67(58(49)35-41)46-14-5-2-6-15-46/h1-38H. The van der Waals surface area contributed by atoms with E-state index in [0.29, 0.717) is 0 Å². The van der Waals surface area contributed by atoms with Gasteiger partial charge in [0.25, 0.3) is 0 Å². The number of nitrogens with zero attached hydrogens (tertiary/aromatic N) is 2. The van der Waals surface area contributed by atoms with Crippen molar-refractivity contribution in [3.05, 3.63) is 231 Å². The van der Waals surface area contributed by atoms with Crippen molar-refractivity contribution < 1.29 is 8.83 Å². The summed E-state index contributed by atoms with van der Waals surface area (Å²) in [5, 5.41) is 9.43. The van der Waals surface area contributed by atoms with E-state index >= 15 is 0 Å². The van der Waals surface area contributed by atoms with Gasteiger partial charge in [-0.2, -0.15) is 0 Å². The van der Waals surface area contributed by atoms with Crippen LogP contribution in [-0.4, -0.2) is 9.55 Å². The van der Waals surface area contributed by atoms with Crippen LogP contribution in [0.15, 0.2) is 239 Å². The zero-order chi connectivity index (χ0) is 45.9. The van der Waals surface area contributed by atoms with E-state index in [-0.39, 0.29) is 0 Å². The molecule has 0 aliphatic heterocycles. The molecule has 0 unspecified atom stereocenters. The number of benzene rings is 10. The average Bonchev–Trinajstić information content (AvgIpc) is 4.19. The largest absolute Gasteiger partial charge is 0.456 e. The molecule has 0 aliphatic carbocycles. The SMILES string of the molecule is c1ccc(-c2cc(-c3cccc4sc5cc(-c6ccc7c(c6)oc6ccc(-c8ccc9c%10ccccc%10n(-c%10ccccc%10)c9c8)cc67)ccc5c34)cc(-c3ccc4c(c3)oc3ccccc34)n2)cc1. The Balaban J connectivity index is 0.802. The summed E-state index contributed by atoms with van der Waals surface area (Å²) in [4.78, 5) is 5.27. The molecule has 5 aromatic heterocycles. The maximum absolute atomic E-state index is 6.60. The predicted molar refractivity (Wildman–Crippen MR) is 293 cm³/mol. The fourth-order valence-corrected chi connectivity index (χ4v) is 12.0. The highest BCUT2D eigenvalue weighted by atomic mass is 32.1. The Morgan fingerprint density at radius 3 is 1.71 bits per heavy atom. The molecule has 70 heavy (non-hydrogen) atoms. The first-order valence-electron chi connectivity index (χ1n) is 23.7. The van der Waals surface area contributed by atoms with E-state index in [1.165, 1.54) is 53.1 Å². The summed E-state index contributed by atoms with van der Waals surface area (Å²) in [5.74, 6) is 0. The van der Waals surface area contributed by atoms with Crippen LogP contribution >= 0.6 is 11.3 Å². The molecule has 5 heterocycles. The molecule has 326 valence electrons. The van der Waals surface area contributed by atoms with Crippen LogP contribution in [0.3, 0.4) is 0 Å². The summed E-state index contributed by atoms with van der Waals surface area (Å²) in [6, 6.07) is 82.6. The third kappa shape index (κ3) is 6.12. The van der Waals surface area contributed by atoms with Crippen LogP contribution in [-0.2, 0) is 0 Å². The van der Waals surface area contributed by atoms with Crippen LogP contribution in [0.25, 0.3) is 147 Å². The zero-order valence-corrected chi connectivity index (χ0v) is 38.4. The topological polar surface area (TPSA) is 44.1 Å². The summed E-state index contributed by atoms with van der Waals surface area (Å²) < 4.78 is 17.8. The van der Waals surface area contributed by atoms with E-state index in [9.17, 15) is 0 Å². The third-order valence-electron chi connectivity index (χ3n) is 14.2. The van der Waals surface area contributed by atoms with Gasteiger partial charge in [0.2, 0.25) is 0 Å². The second-order valence-corrected chi connectivity index (χ2v) is 19.3.